The molecular weight excluding hydrogens is 581 g/mol. The Hall–Kier alpha value is -1.43. The maximum Gasteiger partial charge on any atom is 0.251 e. The number of hydrogen-bond acceptors (Lipinski definition) is 5. The van der Waals surface area contributed by atoms with Gasteiger partial charge in [0.1, 0.15) is 11.9 Å². The SMILES string of the molecule is CC1(C)NC(C23CC(N(Cc4ccc(Cl)c(Cl)c4)S(=O)(=O)CCC(F)F)(C2)C3)=N[C@H]1C(=O)CC[C@H]1CC1(F)F. The van der Waals surface area contributed by atoms with Crippen molar-refractivity contribution in [3.05, 3.63) is 33.8 Å². The largest absolute Gasteiger partial charge is 0.366 e. The van der Waals surface area contributed by atoms with E-state index in [0.717, 1.165) is 0 Å². The third kappa shape index (κ3) is 5.33. The number of aliphatic imine (C=N–C) groups is 1. The predicted octanol–water partition coefficient (Wildman–Crippen LogP) is 5.86. The summed E-state index contributed by atoms with van der Waals surface area (Å²) in [5.41, 5.74) is -1.30. The lowest BCUT2D eigenvalue weighted by molar-refractivity contribution is -0.151. The number of benzene rings is 1. The van der Waals surface area contributed by atoms with E-state index in [4.69, 9.17) is 28.2 Å². The Balaban J connectivity index is 1.31. The average Bonchev–Trinajstić information content (AvgIpc) is 3.26. The smallest absolute Gasteiger partial charge is 0.251 e. The Bertz CT molecular complexity index is 1300. The second-order valence-corrected chi connectivity index (χ2v) is 15.0. The number of alkyl halides is 4. The lowest BCUT2D eigenvalue weighted by Crippen LogP contribution is -2.78. The molecule has 5 aliphatic rings. The van der Waals surface area contributed by atoms with Crippen LogP contribution in [0.25, 0.3) is 0 Å². The van der Waals surface area contributed by atoms with Crippen LogP contribution in [-0.4, -0.2) is 59.6 Å². The molecule has 0 radical (unpaired) electrons. The fourth-order valence-electron chi connectivity index (χ4n) is 6.44. The van der Waals surface area contributed by atoms with Crippen molar-refractivity contribution in [2.45, 2.75) is 94.8 Å². The molecular formula is C26H31Cl2F4N3O3S. The number of sulfonamides is 1. The van der Waals surface area contributed by atoms with Crippen molar-refractivity contribution in [1.82, 2.24) is 9.62 Å². The summed E-state index contributed by atoms with van der Waals surface area (Å²) >= 11 is 12.1. The molecule has 4 aliphatic carbocycles. The van der Waals surface area contributed by atoms with Crippen molar-refractivity contribution < 1.29 is 30.8 Å². The van der Waals surface area contributed by atoms with Gasteiger partial charge in [-0.25, -0.2) is 26.0 Å². The van der Waals surface area contributed by atoms with Crippen LogP contribution in [0, 0.1) is 11.3 Å². The van der Waals surface area contributed by atoms with E-state index >= 15 is 0 Å². The highest BCUT2D eigenvalue weighted by molar-refractivity contribution is 7.89. The number of nitrogens with zero attached hydrogens (tertiary/aromatic N) is 2. The summed E-state index contributed by atoms with van der Waals surface area (Å²) in [7, 11) is -4.03. The molecule has 0 aromatic heterocycles. The van der Waals surface area contributed by atoms with Gasteiger partial charge in [0.2, 0.25) is 16.4 Å². The first-order valence-corrected chi connectivity index (χ1v) is 15.3. The first-order chi connectivity index (χ1) is 18.0. The van der Waals surface area contributed by atoms with E-state index in [0.29, 0.717) is 35.7 Å². The third-order valence-corrected chi connectivity index (χ3v) is 11.3. The number of halogens is 6. The van der Waals surface area contributed by atoms with Crippen molar-refractivity contribution in [1.29, 1.82) is 0 Å². The van der Waals surface area contributed by atoms with E-state index < -0.39 is 63.0 Å². The number of amidine groups is 1. The summed E-state index contributed by atoms with van der Waals surface area (Å²) in [4.78, 5) is 17.6. The number of nitrogens with one attached hydrogen (secondary N) is 1. The lowest BCUT2D eigenvalue weighted by atomic mass is 9.38. The van der Waals surface area contributed by atoms with Crippen molar-refractivity contribution in [3.63, 3.8) is 0 Å². The zero-order valence-electron chi connectivity index (χ0n) is 21.6. The Morgan fingerprint density at radius 3 is 2.38 bits per heavy atom. The molecule has 0 unspecified atom stereocenters. The Labute approximate surface area is 235 Å². The van der Waals surface area contributed by atoms with Crippen LogP contribution in [0.4, 0.5) is 17.6 Å². The number of rotatable bonds is 12. The van der Waals surface area contributed by atoms with Gasteiger partial charge in [0, 0.05) is 42.7 Å². The maximum atomic E-state index is 13.3. The fraction of sp³-hybridized carbons (Fsp3) is 0.692. The molecule has 13 heteroatoms. The summed E-state index contributed by atoms with van der Waals surface area (Å²) < 4.78 is 80.3. The molecule has 4 fully saturated rings. The van der Waals surface area contributed by atoms with Gasteiger partial charge >= 0.3 is 0 Å². The molecule has 6 nitrogen and oxygen atoms in total. The second kappa shape index (κ2) is 9.56. The minimum Gasteiger partial charge on any atom is -0.366 e. The molecule has 0 saturated heterocycles. The van der Waals surface area contributed by atoms with Gasteiger partial charge in [0.25, 0.3) is 5.92 Å². The van der Waals surface area contributed by atoms with Gasteiger partial charge in [-0.05, 0) is 57.2 Å². The maximum absolute atomic E-state index is 13.3. The zero-order valence-corrected chi connectivity index (χ0v) is 24.0. The van der Waals surface area contributed by atoms with Crippen LogP contribution >= 0.6 is 23.2 Å². The molecule has 1 aliphatic heterocycles. The second-order valence-electron chi connectivity index (χ2n) is 12.2. The molecule has 1 aromatic carbocycles. The molecule has 2 bridgehead atoms. The molecule has 6 rings (SSSR count). The molecule has 0 spiro atoms. The lowest BCUT2D eigenvalue weighted by Gasteiger charge is -2.73. The monoisotopic (exact) mass is 611 g/mol. The van der Waals surface area contributed by atoms with Gasteiger partial charge in [-0.3, -0.25) is 9.79 Å². The number of Topliss-reactive ketones (excluding diaryl/α,β-unsaturated/α-hetero) is 1. The molecule has 39 heavy (non-hydrogen) atoms. The molecule has 1 heterocycles. The normalized spacial score (nSPS) is 31.9. The van der Waals surface area contributed by atoms with Crippen LogP contribution in [-0.2, 0) is 21.4 Å². The predicted molar refractivity (Wildman–Crippen MR) is 141 cm³/mol. The number of carbonyl (C=O) groups is 1. The zero-order chi connectivity index (χ0) is 28.6. The van der Waals surface area contributed by atoms with Crippen LogP contribution in [0.5, 0.6) is 0 Å². The number of hydrogen-bond donors (Lipinski definition) is 1. The van der Waals surface area contributed by atoms with Crippen LogP contribution in [0.3, 0.4) is 0 Å². The highest BCUT2D eigenvalue weighted by atomic mass is 35.5. The summed E-state index contributed by atoms with van der Waals surface area (Å²) in [6, 6.07) is 4.07. The minimum absolute atomic E-state index is 0.0309. The van der Waals surface area contributed by atoms with Gasteiger partial charge in [-0.15, -0.1) is 0 Å². The summed E-state index contributed by atoms with van der Waals surface area (Å²) in [6.45, 7) is 3.64. The first-order valence-electron chi connectivity index (χ1n) is 13.0. The summed E-state index contributed by atoms with van der Waals surface area (Å²) in [5, 5.41) is 3.93. The van der Waals surface area contributed by atoms with E-state index in [1.807, 2.05) is 13.8 Å². The van der Waals surface area contributed by atoms with Crippen molar-refractivity contribution in [2.75, 3.05) is 5.75 Å². The quantitative estimate of drug-likeness (QED) is 0.300. The van der Waals surface area contributed by atoms with Gasteiger partial charge in [-0.2, -0.15) is 4.31 Å². The Morgan fingerprint density at radius 2 is 1.82 bits per heavy atom. The van der Waals surface area contributed by atoms with Crippen molar-refractivity contribution in [3.8, 4) is 0 Å². The molecule has 2 atom stereocenters. The summed E-state index contributed by atoms with van der Waals surface area (Å²) in [6.07, 6.45) is -2.20. The van der Waals surface area contributed by atoms with Gasteiger partial charge < -0.3 is 5.32 Å². The van der Waals surface area contributed by atoms with E-state index in [2.05, 4.69) is 5.32 Å². The number of carbonyl (C=O) groups excluding carboxylic acids is 1. The van der Waals surface area contributed by atoms with Crippen LogP contribution in [0.2, 0.25) is 10.0 Å². The average molecular weight is 613 g/mol. The van der Waals surface area contributed by atoms with E-state index in [1.54, 1.807) is 18.2 Å². The molecule has 1 N–H and O–H groups in total. The minimum atomic E-state index is -4.03. The van der Waals surface area contributed by atoms with Gasteiger partial charge in [0.15, 0.2) is 5.78 Å². The van der Waals surface area contributed by atoms with Crippen molar-refractivity contribution in [2.24, 2.45) is 16.3 Å². The topological polar surface area (TPSA) is 78.8 Å². The number of ketones is 1. The van der Waals surface area contributed by atoms with Crippen molar-refractivity contribution >= 4 is 44.8 Å². The van der Waals surface area contributed by atoms with Gasteiger partial charge in [0.05, 0.1) is 21.3 Å². The standard InChI is InChI=1S/C26H31Cl2F4N3O3S/c1-23(2)21(19(36)6-4-16-10-26(16,31)32)33-22(34-23)24-12-25(13-24,14-24)35(39(37,38)8-7-20(29)30)11-15-3-5-17(27)18(28)9-15/h3,5,9,16,20-21H,4,6-8,10-14H2,1-2H3,(H,33,34)/t16-,21-,24?,25?/m0/s1. The molecule has 1 aromatic rings. The molecule has 216 valence electrons. The van der Waals surface area contributed by atoms with E-state index in [1.165, 1.54) is 4.31 Å². The van der Waals surface area contributed by atoms with Crippen LogP contribution < -0.4 is 5.32 Å². The van der Waals surface area contributed by atoms with Gasteiger partial charge in [-0.1, -0.05) is 29.3 Å². The first kappa shape index (κ1) is 29.1. The molecule has 0 amide bonds. The third-order valence-electron chi connectivity index (χ3n) is 8.66. The summed E-state index contributed by atoms with van der Waals surface area (Å²) in [5.74, 6) is -3.65. The van der Waals surface area contributed by atoms with E-state index in [9.17, 15) is 30.8 Å². The highest BCUT2D eigenvalue weighted by Gasteiger charge is 2.75. The Kier molecular flexibility index (Phi) is 7.13. The van der Waals surface area contributed by atoms with E-state index in [-0.39, 0.29) is 36.6 Å². The molecule has 4 saturated carbocycles. The Morgan fingerprint density at radius 1 is 1.18 bits per heavy atom. The fourth-order valence-corrected chi connectivity index (χ4v) is 8.59. The van der Waals surface area contributed by atoms with Crippen LogP contribution in [0.1, 0.15) is 64.4 Å². The van der Waals surface area contributed by atoms with Crippen LogP contribution in [0.15, 0.2) is 23.2 Å². The highest BCUT2D eigenvalue weighted by Crippen LogP contribution is 2.71.